The first-order valence-corrected chi connectivity index (χ1v) is 8.85. The Hall–Kier alpha value is -1.87. The Morgan fingerprint density at radius 2 is 2.21 bits per heavy atom. The number of aryl methyl sites for hydroxylation is 1. The van der Waals surface area contributed by atoms with E-state index in [0.29, 0.717) is 18.0 Å². The van der Waals surface area contributed by atoms with Gasteiger partial charge < -0.3 is 9.84 Å². The summed E-state index contributed by atoms with van der Waals surface area (Å²) in [6.45, 7) is 5.56. The van der Waals surface area contributed by atoms with Gasteiger partial charge in [0, 0.05) is 19.0 Å². The Balaban J connectivity index is 1.29. The second kappa shape index (κ2) is 6.94. The van der Waals surface area contributed by atoms with E-state index in [2.05, 4.69) is 35.9 Å². The molecule has 0 bridgehead atoms. The molecule has 1 aliphatic carbocycles. The molecule has 1 N–H and O–H groups in total. The van der Waals surface area contributed by atoms with Crippen molar-refractivity contribution >= 4 is 0 Å². The van der Waals surface area contributed by atoms with Crippen molar-refractivity contribution in [2.75, 3.05) is 13.1 Å². The van der Waals surface area contributed by atoms with Gasteiger partial charge in [0.25, 0.3) is 0 Å². The van der Waals surface area contributed by atoms with Gasteiger partial charge in [-0.25, -0.2) is 4.68 Å². The summed E-state index contributed by atoms with van der Waals surface area (Å²) in [7, 11) is 0. The summed E-state index contributed by atoms with van der Waals surface area (Å²) in [4.78, 5) is 6.79. The van der Waals surface area contributed by atoms with Crippen molar-refractivity contribution < 1.29 is 4.52 Å². The van der Waals surface area contributed by atoms with Crippen molar-refractivity contribution in [3.05, 3.63) is 17.5 Å². The predicted octanol–water partition coefficient (Wildman–Crippen LogP) is 0.708. The molecule has 2 fully saturated rings. The van der Waals surface area contributed by atoms with Crippen molar-refractivity contribution in [3.63, 3.8) is 0 Å². The summed E-state index contributed by atoms with van der Waals surface area (Å²) in [5, 5.41) is 19.7. The largest absolute Gasteiger partial charge is 0.339 e. The first kappa shape index (κ1) is 15.6. The molecule has 1 saturated carbocycles. The molecule has 4 rings (SSSR count). The second-order valence-corrected chi connectivity index (χ2v) is 6.68. The number of hydrogen-bond donors (Lipinski definition) is 1. The Kier molecular flexibility index (Phi) is 4.52. The van der Waals surface area contributed by atoms with E-state index in [1.807, 2.05) is 11.6 Å². The van der Waals surface area contributed by atoms with Gasteiger partial charge in [-0.1, -0.05) is 12.1 Å². The van der Waals surface area contributed by atoms with E-state index in [1.165, 1.54) is 25.7 Å². The zero-order valence-corrected chi connectivity index (χ0v) is 14.1. The molecule has 3 heterocycles. The van der Waals surface area contributed by atoms with E-state index in [9.17, 15) is 0 Å². The molecular formula is C15H24N8O. The van der Waals surface area contributed by atoms with Gasteiger partial charge in [0.2, 0.25) is 5.89 Å². The van der Waals surface area contributed by atoms with Crippen LogP contribution in [-0.2, 0) is 19.5 Å². The van der Waals surface area contributed by atoms with Crippen molar-refractivity contribution in [3.8, 4) is 0 Å². The van der Waals surface area contributed by atoms with E-state index < -0.39 is 0 Å². The van der Waals surface area contributed by atoms with Crippen LogP contribution in [0.4, 0.5) is 0 Å². The minimum atomic E-state index is 0.445. The number of piperidine rings is 1. The van der Waals surface area contributed by atoms with Gasteiger partial charge >= 0.3 is 0 Å². The molecule has 9 heteroatoms. The topological polar surface area (TPSA) is 97.8 Å². The Labute approximate surface area is 140 Å². The fraction of sp³-hybridized carbons (Fsp3) is 0.800. The normalized spacial score (nSPS) is 22.1. The molecule has 0 unspecified atom stereocenters. The molecule has 0 spiro atoms. The number of nitrogens with zero attached hydrogens (tertiary/aromatic N) is 7. The molecule has 2 aliphatic rings. The van der Waals surface area contributed by atoms with Crippen molar-refractivity contribution in [2.24, 2.45) is 0 Å². The first-order chi connectivity index (χ1) is 11.8. The lowest BCUT2D eigenvalue weighted by Crippen LogP contribution is -2.45. The van der Waals surface area contributed by atoms with Gasteiger partial charge in [0.05, 0.1) is 19.1 Å². The number of likely N-dealkylation sites (tertiary alicyclic amines) is 1. The summed E-state index contributed by atoms with van der Waals surface area (Å²) >= 11 is 0. The molecule has 1 aliphatic heterocycles. The number of nitrogens with one attached hydrogen (secondary N) is 1. The van der Waals surface area contributed by atoms with Crippen LogP contribution < -0.4 is 5.32 Å². The van der Waals surface area contributed by atoms with Gasteiger partial charge in [-0.05, 0) is 42.7 Å². The minimum absolute atomic E-state index is 0.445. The first-order valence-electron chi connectivity index (χ1n) is 8.85. The Bertz CT molecular complexity index is 664. The van der Waals surface area contributed by atoms with E-state index in [1.54, 1.807) is 0 Å². The lowest BCUT2D eigenvalue weighted by molar-refractivity contribution is 0.176. The molecule has 130 valence electrons. The van der Waals surface area contributed by atoms with Crippen LogP contribution in [0.25, 0.3) is 0 Å². The third-order valence-electron chi connectivity index (χ3n) is 4.69. The fourth-order valence-electron chi connectivity index (χ4n) is 3.23. The maximum Gasteiger partial charge on any atom is 0.226 e. The molecule has 0 radical (unpaired) electrons. The third kappa shape index (κ3) is 3.62. The van der Waals surface area contributed by atoms with Crippen LogP contribution in [0.3, 0.4) is 0 Å². The smallest absolute Gasteiger partial charge is 0.226 e. The zero-order chi connectivity index (χ0) is 16.4. The van der Waals surface area contributed by atoms with Gasteiger partial charge in [-0.2, -0.15) is 4.98 Å². The SMILES string of the molecule is CCc1nc(CN2CCC[C@H](NCc3nnnn3C3CC3)C2)no1. The standard InChI is InChI=1S/C15H24N8O/c1-2-15-17-13(19-24-15)10-22-7-3-4-11(9-22)16-8-14-18-20-21-23(14)12-5-6-12/h11-12,16H,2-10H2,1H3/t11-/m0/s1. The minimum Gasteiger partial charge on any atom is -0.339 e. The molecule has 2 aromatic heterocycles. The highest BCUT2D eigenvalue weighted by Gasteiger charge is 2.28. The van der Waals surface area contributed by atoms with Gasteiger partial charge in [0.15, 0.2) is 11.6 Å². The van der Waals surface area contributed by atoms with Crippen LogP contribution in [-0.4, -0.2) is 54.4 Å². The van der Waals surface area contributed by atoms with Gasteiger partial charge in [-0.15, -0.1) is 5.10 Å². The number of hydrogen-bond acceptors (Lipinski definition) is 8. The zero-order valence-electron chi connectivity index (χ0n) is 14.1. The highest BCUT2D eigenvalue weighted by molar-refractivity contribution is 4.92. The quantitative estimate of drug-likeness (QED) is 0.791. The predicted molar refractivity (Wildman–Crippen MR) is 84.9 cm³/mol. The van der Waals surface area contributed by atoms with Gasteiger partial charge in [0.1, 0.15) is 0 Å². The molecular weight excluding hydrogens is 308 g/mol. The number of tetrazole rings is 1. The van der Waals surface area contributed by atoms with Gasteiger partial charge in [-0.3, -0.25) is 4.90 Å². The molecule has 0 aromatic carbocycles. The number of aromatic nitrogens is 6. The molecule has 24 heavy (non-hydrogen) atoms. The summed E-state index contributed by atoms with van der Waals surface area (Å²) in [6.07, 6.45) is 5.52. The van der Waals surface area contributed by atoms with Crippen LogP contribution in [0.5, 0.6) is 0 Å². The maximum absolute atomic E-state index is 5.19. The van der Waals surface area contributed by atoms with E-state index >= 15 is 0 Å². The molecule has 0 amide bonds. The summed E-state index contributed by atoms with van der Waals surface area (Å²) in [5.41, 5.74) is 0. The third-order valence-corrected chi connectivity index (χ3v) is 4.69. The summed E-state index contributed by atoms with van der Waals surface area (Å²) in [5.74, 6) is 2.44. The second-order valence-electron chi connectivity index (χ2n) is 6.68. The summed E-state index contributed by atoms with van der Waals surface area (Å²) < 4.78 is 7.16. The molecule has 1 saturated heterocycles. The maximum atomic E-state index is 5.19. The lowest BCUT2D eigenvalue weighted by atomic mass is 10.1. The highest BCUT2D eigenvalue weighted by Crippen LogP contribution is 2.34. The average Bonchev–Trinajstić information content (AvgIpc) is 3.16. The summed E-state index contributed by atoms with van der Waals surface area (Å²) in [6, 6.07) is 0.964. The number of rotatable bonds is 7. The van der Waals surface area contributed by atoms with Crippen LogP contribution in [0.1, 0.15) is 56.2 Å². The Morgan fingerprint density at radius 1 is 1.29 bits per heavy atom. The van der Waals surface area contributed by atoms with E-state index in [0.717, 1.165) is 44.2 Å². The van der Waals surface area contributed by atoms with Crippen molar-refractivity contribution in [1.29, 1.82) is 0 Å². The monoisotopic (exact) mass is 332 g/mol. The van der Waals surface area contributed by atoms with E-state index in [4.69, 9.17) is 4.52 Å². The molecule has 9 nitrogen and oxygen atoms in total. The average molecular weight is 332 g/mol. The van der Waals surface area contributed by atoms with Crippen LogP contribution in [0.2, 0.25) is 0 Å². The van der Waals surface area contributed by atoms with Crippen LogP contribution in [0.15, 0.2) is 4.52 Å². The van der Waals surface area contributed by atoms with E-state index in [-0.39, 0.29) is 0 Å². The Morgan fingerprint density at radius 3 is 3.00 bits per heavy atom. The molecule has 1 atom stereocenters. The fourth-order valence-corrected chi connectivity index (χ4v) is 3.23. The van der Waals surface area contributed by atoms with Crippen molar-refractivity contribution in [2.45, 2.75) is 64.2 Å². The lowest BCUT2D eigenvalue weighted by Gasteiger charge is -2.32. The van der Waals surface area contributed by atoms with Crippen LogP contribution >= 0.6 is 0 Å². The van der Waals surface area contributed by atoms with Crippen LogP contribution in [0, 0.1) is 0 Å². The molecule has 2 aromatic rings. The van der Waals surface area contributed by atoms with Crippen molar-refractivity contribution in [1.82, 2.24) is 40.6 Å². The highest BCUT2D eigenvalue weighted by atomic mass is 16.5.